The first-order valence-electron chi connectivity index (χ1n) is 6.94. The van der Waals surface area contributed by atoms with Crippen LogP contribution in [0, 0.1) is 0 Å². The average molecular weight is 324 g/mol. The molecule has 0 bridgehead atoms. The van der Waals surface area contributed by atoms with Crippen molar-refractivity contribution in [3.05, 3.63) is 20.8 Å². The quantitative estimate of drug-likeness (QED) is 0.748. The van der Waals surface area contributed by atoms with Crippen LogP contribution in [0.1, 0.15) is 24.3 Å². The van der Waals surface area contributed by atoms with Gasteiger partial charge in [-0.1, -0.05) is 11.8 Å². The van der Waals surface area contributed by atoms with Gasteiger partial charge in [0.25, 0.3) is 5.56 Å². The minimum absolute atomic E-state index is 0.0172. The highest BCUT2D eigenvalue weighted by atomic mass is 32.2. The molecule has 4 rings (SSSR count). The number of thiophene rings is 1. The Labute approximate surface area is 130 Å². The second kappa shape index (κ2) is 4.55. The molecule has 5 nitrogen and oxygen atoms in total. The molecule has 0 radical (unpaired) electrons. The molecule has 2 aliphatic heterocycles. The number of aliphatic hydroxyl groups is 1. The van der Waals surface area contributed by atoms with Gasteiger partial charge in [-0.05, 0) is 19.4 Å². The van der Waals surface area contributed by atoms with Gasteiger partial charge >= 0.3 is 0 Å². The molecule has 0 unspecified atom stereocenters. The summed E-state index contributed by atoms with van der Waals surface area (Å²) in [5.74, 6) is 0.596. The first kappa shape index (κ1) is 13.8. The van der Waals surface area contributed by atoms with Crippen molar-refractivity contribution >= 4 is 33.3 Å². The first-order valence-corrected chi connectivity index (χ1v) is 8.75. The van der Waals surface area contributed by atoms with Crippen molar-refractivity contribution in [2.45, 2.75) is 50.3 Å². The maximum absolute atomic E-state index is 12.8. The van der Waals surface area contributed by atoms with Crippen LogP contribution in [0.3, 0.4) is 0 Å². The number of fused-ring (bicyclic) bond motifs is 4. The molecule has 4 heterocycles. The van der Waals surface area contributed by atoms with Crippen molar-refractivity contribution in [3.8, 4) is 0 Å². The summed E-state index contributed by atoms with van der Waals surface area (Å²) in [6.45, 7) is 4.98. The molecule has 112 valence electrons. The Balaban J connectivity index is 1.98. The fourth-order valence-electron chi connectivity index (χ4n) is 2.91. The Bertz CT molecular complexity index is 794. The second-order valence-electron chi connectivity index (χ2n) is 6.18. The Morgan fingerprint density at radius 3 is 3.10 bits per heavy atom. The third-order valence-corrected chi connectivity index (χ3v) is 6.17. The van der Waals surface area contributed by atoms with Crippen LogP contribution >= 0.6 is 23.1 Å². The molecular weight excluding hydrogens is 308 g/mol. The molecule has 0 fully saturated rings. The van der Waals surface area contributed by atoms with E-state index in [1.165, 1.54) is 11.8 Å². The van der Waals surface area contributed by atoms with Crippen molar-refractivity contribution in [1.29, 1.82) is 0 Å². The summed E-state index contributed by atoms with van der Waals surface area (Å²) in [6, 6.07) is 0. The number of aromatic nitrogens is 2. The Morgan fingerprint density at radius 2 is 2.29 bits per heavy atom. The lowest BCUT2D eigenvalue weighted by Gasteiger charge is -2.30. The molecule has 2 aromatic heterocycles. The van der Waals surface area contributed by atoms with Gasteiger partial charge in [-0.3, -0.25) is 9.36 Å². The smallest absolute Gasteiger partial charge is 0.263 e. The molecule has 2 aliphatic rings. The normalized spacial score (nSPS) is 23.9. The van der Waals surface area contributed by atoms with Crippen molar-refractivity contribution in [2.75, 3.05) is 5.75 Å². The van der Waals surface area contributed by atoms with E-state index >= 15 is 0 Å². The maximum Gasteiger partial charge on any atom is 0.263 e. The molecule has 0 saturated carbocycles. The van der Waals surface area contributed by atoms with Gasteiger partial charge in [0.2, 0.25) is 0 Å². The largest absolute Gasteiger partial charge is 0.390 e. The zero-order valence-electron chi connectivity index (χ0n) is 11.9. The topological polar surface area (TPSA) is 64.4 Å². The molecule has 7 heteroatoms. The van der Waals surface area contributed by atoms with E-state index < -0.39 is 6.10 Å². The summed E-state index contributed by atoms with van der Waals surface area (Å²) in [7, 11) is 0. The standard InChI is InChI=1S/C14H16N2O3S2/c1-14(2)3-8-9(5-19-14)21-11-10(8)12(18)16-4-7(17)6-20-13(16)15-11/h7,17H,3-6H2,1-2H3/t7-/m0/s1. The van der Waals surface area contributed by atoms with Gasteiger partial charge < -0.3 is 9.84 Å². The predicted octanol–water partition coefficient (Wildman–Crippen LogP) is 1.78. The number of nitrogens with zero attached hydrogens (tertiary/aromatic N) is 2. The van der Waals surface area contributed by atoms with E-state index in [2.05, 4.69) is 4.98 Å². The number of hydrogen-bond donors (Lipinski definition) is 1. The molecule has 1 N–H and O–H groups in total. The van der Waals surface area contributed by atoms with Crippen LogP contribution in [0.2, 0.25) is 0 Å². The summed E-state index contributed by atoms with van der Waals surface area (Å²) in [4.78, 5) is 19.4. The lowest BCUT2D eigenvalue weighted by atomic mass is 9.94. The SMILES string of the molecule is CC1(C)Cc2c(sc3nc4n(c(=O)c23)C[C@H](O)CS4)CO1. The van der Waals surface area contributed by atoms with E-state index in [9.17, 15) is 9.90 Å². The highest BCUT2D eigenvalue weighted by molar-refractivity contribution is 7.99. The van der Waals surface area contributed by atoms with Gasteiger partial charge in [0.15, 0.2) is 5.16 Å². The van der Waals surface area contributed by atoms with Crippen LogP contribution < -0.4 is 5.56 Å². The van der Waals surface area contributed by atoms with E-state index in [1.54, 1.807) is 15.9 Å². The minimum atomic E-state index is -0.478. The molecular formula is C14H16N2O3S2. The van der Waals surface area contributed by atoms with E-state index in [1.807, 2.05) is 13.8 Å². The summed E-state index contributed by atoms with van der Waals surface area (Å²) < 4.78 is 7.45. The van der Waals surface area contributed by atoms with E-state index in [-0.39, 0.29) is 11.2 Å². The van der Waals surface area contributed by atoms with E-state index in [0.717, 1.165) is 32.2 Å². The number of thioether (sulfide) groups is 1. The van der Waals surface area contributed by atoms with Crippen LogP contribution in [-0.2, 0) is 24.3 Å². The van der Waals surface area contributed by atoms with Gasteiger partial charge in [-0.25, -0.2) is 4.98 Å². The summed E-state index contributed by atoms with van der Waals surface area (Å²) in [5, 5.41) is 11.2. The molecule has 0 aromatic carbocycles. The Morgan fingerprint density at radius 1 is 1.48 bits per heavy atom. The van der Waals surface area contributed by atoms with Crippen LogP contribution in [0.4, 0.5) is 0 Å². The number of ether oxygens (including phenoxy) is 1. The fraction of sp³-hybridized carbons (Fsp3) is 0.571. The molecule has 0 aliphatic carbocycles. The van der Waals surface area contributed by atoms with Gasteiger partial charge in [0.1, 0.15) is 4.83 Å². The molecule has 0 saturated heterocycles. The van der Waals surface area contributed by atoms with Crippen LogP contribution in [0.5, 0.6) is 0 Å². The first-order chi connectivity index (χ1) is 9.94. The summed E-state index contributed by atoms with van der Waals surface area (Å²) in [6.07, 6.45) is 0.252. The number of rotatable bonds is 0. The van der Waals surface area contributed by atoms with Crippen molar-refractivity contribution in [1.82, 2.24) is 9.55 Å². The van der Waals surface area contributed by atoms with Gasteiger partial charge in [0, 0.05) is 17.1 Å². The molecule has 1 atom stereocenters. The average Bonchev–Trinajstić information content (AvgIpc) is 2.76. The molecule has 2 aromatic rings. The van der Waals surface area contributed by atoms with Gasteiger partial charge in [0.05, 0.1) is 30.2 Å². The molecule has 21 heavy (non-hydrogen) atoms. The monoisotopic (exact) mass is 324 g/mol. The fourth-order valence-corrected chi connectivity index (χ4v) is 4.98. The summed E-state index contributed by atoms with van der Waals surface area (Å²) >= 11 is 3.01. The Kier molecular flexibility index (Phi) is 2.98. The third kappa shape index (κ3) is 2.14. The molecule has 0 amide bonds. The number of hydrogen-bond acceptors (Lipinski definition) is 6. The lowest BCUT2D eigenvalue weighted by molar-refractivity contribution is -0.0379. The van der Waals surface area contributed by atoms with Crippen molar-refractivity contribution < 1.29 is 9.84 Å². The predicted molar refractivity (Wildman–Crippen MR) is 83.2 cm³/mol. The second-order valence-corrected chi connectivity index (χ2v) is 8.25. The Hall–Kier alpha value is -0.890. The summed E-state index contributed by atoms with van der Waals surface area (Å²) in [5.41, 5.74) is 0.822. The number of aliphatic hydroxyl groups excluding tert-OH is 1. The van der Waals surface area contributed by atoms with Gasteiger partial charge in [-0.15, -0.1) is 11.3 Å². The van der Waals surface area contributed by atoms with Crippen LogP contribution in [0.15, 0.2) is 9.95 Å². The van der Waals surface area contributed by atoms with Crippen LogP contribution in [-0.4, -0.2) is 32.1 Å². The highest BCUT2D eigenvalue weighted by Gasteiger charge is 2.32. The molecule has 0 spiro atoms. The highest BCUT2D eigenvalue weighted by Crippen LogP contribution is 2.37. The van der Waals surface area contributed by atoms with Crippen LogP contribution in [0.25, 0.3) is 10.2 Å². The lowest BCUT2D eigenvalue weighted by Crippen LogP contribution is -2.35. The maximum atomic E-state index is 12.8. The minimum Gasteiger partial charge on any atom is -0.390 e. The van der Waals surface area contributed by atoms with E-state index in [0.29, 0.717) is 18.9 Å². The van der Waals surface area contributed by atoms with E-state index in [4.69, 9.17) is 4.74 Å². The van der Waals surface area contributed by atoms with Gasteiger partial charge in [-0.2, -0.15) is 0 Å². The zero-order valence-corrected chi connectivity index (χ0v) is 13.5. The van der Waals surface area contributed by atoms with Crippen molar-refractivity contribution in [2.24, 2.45) is 0 Å². The zero-order chi connectivity index (χ0) is 14.8. The van der Waals surface area contributed by atoms with Crippen molar-refractivity contribution in [3.63, 3.8) is 0 Å². The third-order valence-electron chi connectivity index (χ3n) is 3.95.